The van der Waals surface area contributed by atoms with Gasteiger partial charge in [-0.05, 0) is 35.1 Å². The molecule has 0 bridgehead atoms. The summed E-state index contributed by atoms with van der Waals surface area (Å²) in [6.07, 6.45) is -0.0313. The van der Waals surface area contributed by atoms with E-state index in [9.17, 15) is 9.90 Å². The van der Waals surface area contributed by atoms with Crippen molar-refractivity contribution >= 4 is 6.09 Å². The lowest BCUT2D eigenvalue weighted by Crippen LogP contribution is -2.30. The first kappa shape index (κ1) is 18.4. The minimum absolute atomic E-state index is 0.0518. The number of aliphatic hydroxyl groups is 2. The summed E-state index contributed by atoms with van der Waals surface area (Å²) in [7, 11) is 1.68. The van der Waals surface area contributed by atoms with Crippen molar-refractivity contribution < 1.29 is 19.7 Å². The van der Waals surface area contributed by atoms with Crippen molar-refractivity contribution in [2.45, 2.75) is 24.9 Å². The molecule has 2 aromatic carbocycles. The SMILES string of the molecule is CN(CCCC(O)CO)C(=O)OCC1c2ccccc2-c2ccccc21. The molecule has 0 radical (unpaired) electrons. The molecule has 2 N–H and O–H groups in total. The minimum atomic E-state index is -0.731. The van der Waals surface area contributed by atoms with Crippen molar-refractivity contribution in [3.8, 4) is 11.1 Å². The summed E-state index contributed by atoms with van der Waals surface area (Å²) in [6, 6.07) is 16.5. The predicted molar refractivity (Wildman–Crippen MR) is 100 cm³/mol. The Morgan fingerprint density at radius 2 is 1.69 bits per heavy atom. The first-order chi connectivity index (χ1) is 12.6. The van der Waals surface area contributed by atoms with Crippen molar-refractivity contribution in [2.75, 3.05) is 26.8 Å². The second kappa shape index (κ2) is 8.34. The van der Waals surface area contributed by atoms with Crippen LogP contribution in [0.1, 0.15) is 29.9 Å². The van der Waals surface area contributed by atoms with Crippen LogP contribution in [0.4, 0.5) is 4.79 Å². The molecule has 5 heteroatoms. The Kier molecular flexibility index (Phi) is 5.91. The number of fused-ring (bicyclic) bond motifs is 3. The number of carbonyl (C=O) groups is 1. The van der Waals surface area contributed by atoms with Gasteiger partial charge in [0.25, 0.3) is 0 Å². The molecular formula is C21H25NO4. The van der Waals surface area contributed by atoms with Gasteiger partial charge >= 0.3 is 6.09 Å². The first-order valence-corrected chi connectivity index (χ1v) is 8.97. The van der Waals surface area contributed by atoms with Gasteiger partial charge in [0, 0.05) is 19.5 Å². The number of ether oxygens (including phenoxy) is 1. The van der Waals surface area contributed by atoms with Gasteiger partial charge in [-0.1, -0.05) is 48.5 Å². The lowest BCUT2D eigenvalue weighted by molar-refractivity contribution is 0.0803. The fourth-order valence-corrected chi connectivity index (χ4v) is 3.45. The molecule has 5 nitrogen and oxygen atoms in total. The fourth-order valence-electron chi connectivity index (χ4n) is 3.45. The molecule has 0 heterocycles. The van der Waals surface area contributed by atoms with Crippen LogP contribution in [-0.2, 0) is 4.74 Å². The Morgan fingerprint density at radius 3 is 2.27 bits per heavy atom. The van der Waals surface area contributed by atoms with Crippen LogP contribution in [0.3, 0.4) is 0 Å². The summed E-state index contributed by atoms with van der Waals surface area (Å²) in [4.78, 5) is 13.8. The van der Waals surface area contributed by atoms with Crippen LogP contribution in [0.2, 0.25) is 0 Å². The number of amides is 1. The summed E-state index contributed by atoms with van der Waals surface area (Å²) < 4.78 is 5.56. The van der Waals surface area contributed by atoms with E-state index in [1.807, 2.05) is 24.3 Å². The molecule has 1 unspecified atom stereocenters. The Morgan fingerprint density at radius 1 is 1.12 bits per heavy atom. The lowest BCUT2D eigenvalue weighted by Gasteiger charge is -2.20. The molecular weight excluding hydrogens is 330 g/mol. The summed E-state index contributed by atoms with van der Waals surface area (Å²) in [5.41, 5.74) is 4.79. The number of nitrogens with zero attached hydrogens (tertiary/aromatic N) is 1. The molecule has 0 spiro atoms. The van der Waals surface area contributed by atoms with Gasteiger partial charge in [-0.2, -0.15) is 0 Å². The average Bonchev–Trinajstić information content (AvgIpc) is 2.99. The predicted octanol–water partition coefficient (Wildman–Crippen LogP) is 3.00. The Bertz CT molecular complexity index is 716. The van der Waals surface area contributed by atoms with E-state index in [0.29, 0.717) is 26.0 Å². The molecule has 3 rings (SSSR count). The molecule has 0 saturated heterocycles. The van der Waals surface area contributed by atoms with Crippen LogP contribution in [0, 0.1) is 0 Å². The number of carbonyl (C=O) groups excluding carboxylic acids is 1. The monoisotopic (exact) mass is 355 g/mol. The molecule has 2 aromatic rings. The Hall–Kier alpha value is -2.37. The highest BCUT2D eigenvalue weighted by atomic mass is 16.6. The van der Waals surface area contributed by atoms with Crippen LogP contribution in [0.15, 0.2) is 48.5 Å². The number of rotatable bonds is 7. The van der Waals surface area contributed by atoms with Gasteiger partial charge in [0.05, 0.1) is 12.7 Å². The van der Waals surface area contributed by atoms with Crippen LogP contribution in [-0.4, -0.2) is 54.1 Å². The van der Waals surface area contributed by atoms with Gasteiger partial charge in [-0.15, -0.1) is 0 Å². The van der Waals surface area contributed by atoms with Crippen molar-refractivity contribution in [3.05, 3.63) is 59.7 Å². The van der Waals surface area contributed by atoms with Crippen LogP contribution in [0.25, 0.3) is 11.1 Å². The maximum absolute atomic E-state index is 12.3. The molecule has 0 aliphatic heterocycles. The minimum Gasteiger partial charge on any atom is -0.448 e. The van der Waals surface area contributed by atoms with Gasteiger partial charge in [-0.3, -0.25) is 0 Å². The Labute approximate surface area is 153 Å². The van der Waals surface area contributed by atoms with Crippen LogP contribution >= 0.6 is 0 Å². The van der Waals surface area contributed by atoms with Gasteiger partial charge in [0.15, 0.2) is 0 Å². The summed E-state index contributed by atoms with van der Waals surface area (Å²) >= 11 is 0. The van der Waals surface area contributed by atoms with Crippen LogP contribution < -0.4 is 0 Å². The van der Waals surface area contributed by atoms with E-state index in [1.54, 1.807) is 7.05 Å². The van der Waals surface area contributed by atoms with E-state index < -0.39 is 6.10 Å². The van der Waals surface area contributed by atoms with Gasteiger partial charge in [-0.25, -0.2) is 4.79 Å². The summed E-state index contributed by atoms with van der Waals surface area (Å²) in [6.45, 7) is 0.527. The van der Waals surface area contributed by atoms with E-state index in [2.05, 4.69) is 24.3 Å². The quantitative estimate of drug-likeness (QED) is 0.801. The summed E-state index contributed by atoms with van der Waals surface area (Å²) in [5, 5.41) is 18.2. The van der Waals surface area contributed by atoms with Gasteiger partial charge in [0.2, 0.25) is 0 Å². The van der Waals surface area contributed by atoms with E-state index in [0.717, 1.165) is 0 Å². The third-order valence-corrected chi connectivity index (χ3v) is 4.89. The lowest BCUT2D eigenvalue weighted by atomic mass is 9.98. The van der Waals surface area contributed by atoms with Crippen LogP contribution in [0.5, 0.6) is 0 Å². The van der Waals surface area contributed by atoms with Crippen molar-refractivity contribution in [1.82, 2.24) is 4.90 Å². The Balaban J connectivity index is 1.60. The second-order valence-electron chi connectivity index (χ2n) is 6.70. The standard InChI is InChI=1S/C21H25NO4/c1-22(12-6-7-15(24)13-23)21(25)26-14-20-18-10-4-2-8-16(18)17-9-3-5-11-19(17)20/h2-5,8-11,15,20,23-24H,6-7,12-14H2,1H3. The first-order valence-electron chi connectivity index (χ1n) is 8.97. The molecule has 138 valence electrons. The third-order valence-electron chi connectivity index (χ3n) is 4.89. The zero-order chi connectivity index (χ0) is 18.5. The maximum atomic E-state index is 12.3. The molecule has 1 atom stereocenters. The number of hydrogen-bond acceptors (Lipinski definition) is 4. The molecule has 1 amide bonds. The molecule has 0 aromatic heterocycles. The van der Waals surface area contributed by atoms with Crippen molar-refractivity contribution in [3.63, 3.8) is 0 Å². The van der Waals surface area contributed by atoms with E-state index in [-0.39, 0.29) is 18.6 Å². The number of benzene rings is 2. The number of aliphatic hydroxyl groups excluding tert-OH is 2. The van der Waals surface area contributed by atoms with E-state index in [1.165, 1.54) is 27.2 Å². The van der Waals surface area contributed by atoms with Crippen molar-refractivity contribution in [2.24, 2.45) is 0 Å². The number of hydrogen-bond donors (Lipinski definition) is 2. The highest BCUT2D eigenvalue weighted by molar-refractivity contribution is 5.79. The topological polar surface area (TPSA) is 70.0 Å². The zero-order valence-electron chi connectivity index (χ0n) is 15.0. The largest absolute Gasteiger partial charge is 0.448 e. The zero-order valence-corrected chi connectivity index (χ0v) is 15.0. The van der Waals surface area contributed by atoms with E-state index in [4.69, 9.17) is 9.84 Å². The summed E-state index contributed by atoms with van der Waals surface area (Å²) in [5.74, 6) is 0.0518. The smallest absolute Gasteiger partial charge is 0.409 e. The van der Waals surface area contributed by atoms with E-state index >= 15 is 0 Å². The molecule has 0 saturated carbocycles. The third kappa shape index (κ3) is 3.89. The fraction of sp³-hybridized carbons (Fsp3) is 0.381. The highest BCUT2D eigenvalue weighted by Crippen LogP contribution is 2.44. The maximum Gasteiger partial charge on any atom is 0.409 e. The van der Waals surface area contributed by atoms with Gasteiger partial charge in [0.1, 0.15) is 6.61 Å². The molecule has 26 heavy (non-hydrogen) atoms. The van der Waals surface area contributed by atoms with Crippen molar-refractivity contribution in [1.29, 1.82) is 0 Å². The molecule has 0 fully saturated rings. The average molecular weight is 355 g/mol. The van der Waals surface area contributed by atoms with Gasteiger partial charge < -0.3 is 19.8 Å². The molecule has 1 aliphatic carbocycles. The molecule has 1 aliphatic rings. The highest BCUT2D eigenvalue weighted by Gasteiger charge is 2.29. The normalized spacial score (nSPS) is 13.8. The second-order valence-corrected chi connectivity index (χ2v) is 6.70.